The number of hydrogen-bond donors (Lipinski definition) is 2. The Morgan fingerprint density at radius 3 is 2.55 bits per heavy atom. The molecule has 0 bridgehead atoms. The van der Waals surface area contributed by atoms with E-state index in [2.05, 4.69) is 15.3 Å². The van der Waals surface area contributed by atoms with Gasteiger partial charge in [0.1, 0.15) is 16.4 Å². The van der Waals surface area contributed by atoms with Crippen LogP contribution in [0.3, 0.4) is 0 Å². The quantitative estimate of drug-likeness (QED) is 0.523. The Kier molecular flexibility index (Phi) is 5.14. The van der Waals surface area contributed by atoms with Gasteiger partial charge in [0.05, 0.1) is 17.4 Å². The highest BCUT2D eigenvalue weighted by molar-refractivity contribution is 7.20. The van der Waals surface area contributed by atoms with Crippen molar-refractivity contribution < 1.29 is 9.53 Å². The molecule has 7 heteroatoms. The number of ether oxygens (including phenoxy) is 1. The normalized spacial score (nSPS) is 10.8. The van der Waals surface area contributed by atoms with Gasteiger partial charge in [-0.3, -0.25) is 9.59 Å². The second-order valence-corrected chi connectivity index (χ2v) is 7.59. The zero-order chi connectivity index (χ0) is 20.4. The number of H-pyrrole nitrogens is 1. The fourth-order valence-electron chi connectivity index (χ4n) is 3.13. The molecule has 0 atom stereocenters. The second kappa shape index (κ2) is 7.89. The molecule has 1 amide bonds. The topological polar surface area (TPSA) is 84.1 Å². The fraction of sp³-hybridized carbons (Fsp3) is 0.136. The van der Waals surface area contributed by atoms with E-state index in [0.29, 0.717) is 38.6 Å². The minimum Gasteiger partial charge on any atom is -0.497 e. The van der Waals surface area contributed by atoms with Crippen molar-refractivity contribution in [1.82, 2.24) is 9.97 Å². The Balaban J connectivity index is 1.65. The van der Waals surface area contributed by atoms with E-state index in [4.69, 9.17) is 4.74 Å². The molecule has 0 saturated heterocycles. The fourth-order valence-corrected chi connectivity index (χ4v) is 4.23. The van der Waals surface area contributed by atoms with Crippen molar-refractivity contribution in [2.24, 2.45) is 0 Å². The van der Waals surface area contributed by atoms with Crippen molar-refractivity contribution in [3.8, 4) is 5.75 Å². The largest absolute Gasteiger partial charge is 0.497 e. The number of anilines is 1. The van der Waals surface area contributed by atoms with E-state index in [0.717, 1.165) is 11.3 Å². The molecule has 0 unspecified atom stereocenters. The van der Waals surface area contributed by atoms with E-state index >= 15 is 0 Å². The molecular formula is C22H19N3O3S. The van der Waals surface area contributed by atoms with E-state index < -0.39 is 0 Å². The minimum atomic E-state index is -0.243. The number of aromatic nitrogens is 2. The summed E-state index contributed by atoms with van der Waals surface area (Å²) < 4.78 is 5.17. The van der Waals surface area contributed by atoms with Gasteiger partial charge in [-0.25, -0.2) is 4.98 Å². The number of nitrogens with one attached hydrogen (secondary N) is 2. The number of thiophene rings is 1. The van der Waals surface area contributed by atoms with Crippen LogP contribution in [-0.4, -0.2) is 23.0 Å². The number of para-hydroxylation sites is 1. The molecule has 0 spiro atoms. The van der Waals surface area contributed by atoms with Gasteiger partial charge in [-0.05, 0) is 42.3 Å². The highest BCUT2D eigenvalue weighted by Gasteiger charge is 2.19. The highest BCUT2D eigenvalue weighted by Crippen LogP contribution is 2.28. The number of aromatic amines is 1. The van der Waals surface area contributed by atoms with Crippen LogP contribution in [0.1, 0.15) is 26.6 Å². The average Bonchev–Trinajstić information content (AvgIpc) is 3.06. The molecule has 29 heavy (non-hydrogen) atoms. The number of aryl methyl sites for hydroxylation is 1. The van der Waals surface area contributed by atoms with Crippen molar-refractivity contribution >= 4 is 33.1 Å². The molecule has 2 aromatic heterocycles. The molecule has 2 N–H and O–H groups in total. The third kappa shape index (κ3) is 3.90. The third-order valence-electron chi connectivity index (χ3n) is 4.62. The molecule has 0 radical (unpaired) electrons. The van der Waals surface area contributed by atoms with Gasteiger partial charge in [0.25, 0.3) is 11.5 Å². The van der Waals surface area contributed by atoms with Gasteiger partial charge in [-0.1, -0.05) is 30.3 Å². The first-order chi connectivity index (χ1) is 14.0. The smallest absolute Gasteiger partial charge is 0.266 e. The minimum absolute atomic E-state index is 0.231. The molecule has 0 aliphatic carbocycles. The lowest BCUT2D eigenvalue weighted by atomic mass is 10.1. The van der Waals surface area contributed by atoms with Crippen molar-refractivity contribution in [3.63, 3.8) is 0 Å². The summed E-state index contributed by atoms with van der Waals surface area (Å²) in [5, 5.41) is 3.33. The summed E-state index contributed by atoms with van der Waals surface area (Å²) in [6.45, 7) is 1.78. The zero-order valence-electron chi connectivity index (χ0n) is 16.0. The Morgan fingerprint density at radius 2 is 1.86 bits per heavy atom. The van der Waals surface area contributed by atoms with E-state index in [9.17, 15) is 9.59 Å². The van der Waals surface area contributed by atoms with Crippen molar-refractivity contribution in [3.05, 3.63) is 86.8 Å². The number of amides is 1. The first-order valence-corrected chi connectivity index (χ1v) is 9.88. The van der Waals surface area contributed by atoms with Crippen LogP contribution in [0, 0.1) is 6.92 Å². The second-order valence-electron chi connectivity index (χ2n) is 6.59. The van der Waals surface area contributed by atoms with Crippen LogP contribution in [-0.2, 0) is 6.42 Å². The molecule has 6 nitrogen and oxygen atoms in total. The Hall–Kier alpha value is -3.45. The molecule has 0 aliphatic rings. The maximum atomic E-state index is 12.7. The van der Waals surface area contributed by atoms with Crippen LogP contribution in [0.5, 0.6) is 5.75 Å². The molecule has 0 fully saturated rings. The molecular weight excluding hydrogens is 386 g/mol. The molecule has 146 valence electrons. The maximum Gasteiger partial charge on any atom is 0.266 e. The number of carbonyl (C=O) groups excluding carboxylic acids is 1. The van der Waals surface area contributed by atoms with Gasteiger partial charge in [-0.15, -0.1) is 11.3 Å². The summed E-state index contributed by atoms with van der Waals surface area (Å²) in [5.41, 5.74) is 2.12. The molecule has 0 saturated carbocycles. The Morgan fingerprint density at radius 1 is 1.14 bits per heavy atom. The predicted molar refractivity (Wildman–Crippen MR) is 115 cm³/mol. The monoisotopic (exact) mass is 405 g/mol. The first-order valence-electron chi connectivity index (χ1n) is 9.07. The van der Waals surface area contributed by atoms with Gasteiger partial charge in [-0.2, -0.15) is 0 Å². The van der Waals surface area contributed by atoms with E-state index in [1.165, 1.54) is 11.3 Å². The Labute approximate surface area is 171 Å². The van der Waals surface area contributed by atoms with E-state index in [1.54, 1.807) is 14.0 Å². The predicted octanol–water partition coefficient (Wildman–Crippen LogP) is 4.14. The lowest BCUT2D eigenvalue weighted by molar-refractivity contribution is 0.103. The van der Waals surface area contributed by atoms with Gasteiger partial charge in [0.15, 0.2) is 0 Å². The first kappa shape index (κ1) is 18.9. The molecule has 0 aliphatic heterocycles. The summed E-state index contributed by atoms with van der Waals surface area (Å²) in [5.74, 6) is 1.09. The lowest BCUT2D eigenvalue weighted by Gasteiger charge is -2.04. The number of carbonyl (C=O) groups is 1. The van der Waals surface area contributed by atoms with Gasteiger partial charge in [0, 0.05) is 12.1 Å². The van der Waals surface area contributed by atoms with Crippen LogP contribution in [0.2, 0.25) is 0 Å². The molecule has 4 aromatic rings. The van der Waals surface area contributed by atoms with Crippen LogP contribution >= 0.6 is 11.3 Å². The number of fused-ring (bicyclic) bond motifs is 1. The lowest BCUT2D eigenvalue weighted by Crippen LogP contribution is -2.13. The molecule has 2 heterocycles. The number of rotatable bonds is 5. The average molecular weight is 405 g/mol. The van der Waals surface area contributed by atoms with Gasteiger partial charge >= 0.3 is 0 Å². The van der Waals surface area contributed by atoms with Crippen LogP contribution in [0.15, 0.2) is 59.4 Å². The van der Waals surface area contributed by atoms with Crippen LogP contribution in [0.4, 0.5) is 5.69 Å². The highest BCUT2D eigenvalue weighted by atomic mass is 32.1. The summed E-state index contributed by atoms with van der Waals surface area (Å²) in [6, 6.07) is 16.8. The summed E-state index contributed by atoms with van der Waals surface area (Å²) in [6.07, 6.45) is 0.484. The van der Waals surface area contributed by atoms with Crippen molar-refractivity contribution in [2.75, 3.05) is 12.4 Å². The molecule has 2 aromatic carbocycles. The molecule has 4 rings (SSSR count). The SMILES string of the molecule is COc1ccc(Cc2nc3sc(C(=O)Nc4ccccc4)c(C)c3c(=O)[nH]2)cc1. The number of methoxy groups -OCH3 is 1. The number of hydrogen-bond acceptors (Lipinski definition) is 5. The number of benzene rings is 2. The zero-order valence-corrected chi connectivity index (χ0v) is 16.8. The summed E-state index contributed by atoms with van der Waals surface area (Å²) in [4.78, 5) is 33.9. The van der Waals surface area contributed by atoms with Crippen LogP contribution in [0.25, 0.3) is 10.2 Å². The third-order valence-corrected chi connectivity index (χ3v) is 5.80. The maximum absolute atomic E-state index is 12.7. The van der Waals surface area contributed by atoms with Gasteiger partial charge < -0.3 is 15.0 Å². The summed E-state index contributed by atoms with van der Waals surface area (Å²) >= 11 is 1.23. The summed E-state index contributed by atoms with van der Waals surface area (Å²) in [7, 11) is 1.62. The van der Waals surface area contributed by atoms with Crippen LogP contribution < -0.4 is 15.6 Å². The Bertz CT molecular complexity index is 1230. The van der Waals surface area contributed by atoms with E-state index in [1.807, 2.05) is 54.6 Å². The van der Waals surface area contributed by atoms with Crippen molar-refractivity contribution in [2.45, 2.75) is 13.3 Å². The standard InChI is InChI=1S/C22H19N3O3S/c1-13-18-20(26)24-17(12-14-8-10-16(28-2)11-9-14)25-22(18)29-19(13)21(27)23-15-6-4-3-5-7-15/h3-11H,12H2,1-2H3,(H,23,27)(H,24,25,26). The van der Waals surface area contributed by atoms with Crippen molar-refractivity contribution in [1.29, 1.82) is 0 Å². The number of nitrogens with zero attached hydrogens (tertiary/aromatic N) is 1. The van der Waals surface area contributed by atoms with E-state index in [-0.39, 0.29) is 11.5 Å². The van der Waals surface area contributed by atoms with Gasteiger partial charge in [0.2, 0.25) is 0 Å².